The van der Waals surface area contributed by atoms with E-state index in [1.807, 2.05) is 36.1 Å². The van der Waals surface area contributed by atoms with E-state index in [4.69, 9.17) is 21.7 Å². The predicted molar refractivity (Wildman–Crippen MR) is 94.7 cm³/mol. The first-order chi connectivity index (χ1) is 11.6. The van der Waals surface area contributed by atoms with Crippen molar-refractivity contribution >= 4 is 23.2 Å². The van der Waals surface area contributed by atoms with Gasteiger partial charge in [-0.25, -0.2) is 0 Å². The van der Waals surface area contributed by atoms with Crippen molar-refractivity contribution in [3.63, 3.8) is 0 Å². The van der Waals surface area contributed by atoms with E-state index >= 15 is 0 Å². The fourth-order valence-corrected chi connectivity index (χ4v) is 3.23. The van der Waals surface area contributed by atoms with Gasteiger partial charge in [0.1, 0.15) is 5.75 Å². The number of thiocarbonyl (C=S) groups is 1. The van der Waals surface area contributed by atoms with Crippen LogP contribution in [0.15, 0.2) is 35.5 Å². The van der Waals surface area contributed by atoms with Crippen LogP contribution in [0.25, 0.3) is 0 Å². The number of ether oxygens (including phenoxy) is 2. The normalized spacial score (nSPS) is 21.2. The Kier molecular flexibility index (Phi) is 5.01. The van der Waals surface area contributed by atoms with Crippen molar-refractivity contribution in [2.75, 3.05) is 33.4 Å². The second kappa shape index (κ2) is 7.19. The van der Waals surface area contributed by atoms with E-state index in [2.05, 4.69) is 10.6 Å². The van der Waals surface area contributed by atoms with Crippen LogP contribution in [0.3, 0.4) is 0 Å². The Labute approximate surface area is 146 Å². The Bertz CT molecular complexity index is 666. The van der Waals surface area contributed by atoms with Crippen molar-refractivity contribution < 1.29 is 14.3 Å². The van der Waals surface area contributed by atoms with Crippen LogP contribution in [0.4, 0.5) is 0 Å². The molecule has 0 bridgehead atoms. The van der Waals surface area contributed by atoms with Crippen molar-refractivity contribution in [2.45, 2.75) is 13.0 Å². The van der Waals surface area contributed by atoms with Gasteiger partial charge < -0.3 is 25.0 Å². The van der Waals surface area contributed by atoms with Gasteiger partial charge >= 0.3 is 0 Å². The second-order valence-corrected chi connectivity index (χ2v) is 6.16. The quantitative estimate of drug-likeness (QED) is 0.805. The minimum absolute atomic E-state index is 0.0131. The maximum absolute atomic E-state index is 13.0. The van der Waals surface area contributed by atoms with E-state index < -0.39 is 0 Å². The molecule has 0 saturated carbocycles. The summed E-state index contributed by atoms with van der Waals surface area (Å²) in [5.74, 6) is 0.788. The molecule has 1 saturated heterocycles. The molecular formula is C17H21N3O3S. The summed E-state index contributed by atoms with van der Waals surface area (Å²) in [6.45, 7) is 4.25. The van der Waals surface area contributed by atoms with Crippen LogP contribution in [0.1, 0.15) is 18.5 Å². The number of hydrogen-bond acceptors (Lipinski definition) is 4. The average Bonchev–Trinajstić information content (AvgIpc) is 2.61. The molecule has 1 aromatic carbocycles. The molecule has 6 nitrogen and oxygen atoms in total. The van der Waals surface area contributed by atoms with Crippen LogP contribution in [0.2, 0.25) is 0 Å². The Morgan fingerprint density at radius 1 is 1.29 bits per heavy atom. The maximum Gasteiger partial charge on any atom is 0.254 e. The fraction of sp³-hybridized carbons (Fsp3) is 0.412. The number of carbonyl (C=O) groups is 1. The molecule has 1 fully saturated rings. The Hall–Kier alpha value is -2.12. The van der Waals surface area contributed by atoms with Crippen LogP contribution in [-0.4, -0.2) is 49.3 Å². The van der Waals surface area contributed by atoms with E-state index in [1.54, 1.807) is 7.11 Å². The summed E-state index contributed by atoms with van der Waals surface area (Å²) >= 11 is 5.28. The third-order valence-electron chi connectivity index (χ3n) is 4.25. The Morgan fingerprint density at radius 2 is 1.96 bits per heavy atom. The smallest absolute Gasteiger partial charge is 0.254 e. The lowest BCUT2D eigenvalue weighted by Crippen LogP contribution is -2.49. The molecule has 0 spiro atoms. The minimum atomic E-state index is -0.278. The highest BCUT2D eigenvalue weighted by atomic mass is 32.1. The maximum atomic E-state index is 13.0. The molecule has 2 N–H and O–H groups in total. The second-order valence-electron chi connectivity index (χ2n) is 5.75. The predicted octanol–water partition coefficient (Wildman–Crippen LogP) is 1.35. The molecule has 0 unspecified atom stereocenters. The third-order valence-corrected chi connectivity index (χ3v) is 4.47. The fourth-order valence-electron chi connectivity index (χ4n) is 2.96. The van der Waals surface area contributed by atoms with Crippen molar-refractivity contribution in [1.82, 2.24) is 15.5 Å². The van der Waals surface area contributed by atoms with Gasteiger partial charge in [0.15, 0.2) is 5.11 Å². The number of nitrogens with zero attached hydrogens (tertiary/aromatic N) is 1. The summed E-state index contributed by atoms with van der Waals surface area (Å²) in [4.78, 5) is 14.9. The number of nitrogens with one attached hydrogen (secondary N) is 2. The molecule has 1 atom stereocenters. The molecule has 0 aliphatic carbocycles. The molecule has 0 aromatic heterocycles. The van der Waals surface area contributed by atoms with Gasteiger partial charge in [-0.3, -0.25) is 4.79 Å². The number of amides is 1. The standard InChI is InChI=1S/C17H21N3O3S/c1-11-14(16(21)20-7-9-23-10-8-20)15(19-17(24)18-11)12-3-5-13(22-2)6-4-12/h3-6,15H,7-10H2,1-2H3,(H2,18,19,24)/t15-/m0/s1. The number of hydrogen-bond donors (Lipinski definition) is 2. The van der Waals surface area contributed by atoms with Crippen LogP contribution in [-0.2, 0) is 9.53 Å². The van der Waals surface area contributed by atoms with Gasteiger partial charge in [-0.15, -0.1) is 0 Å². The third kappa shape index (κ3) is 3.37. The molecule has 3 rings (SSSR count). The van der Waals surface area contributed by atoms with Gasteiger partial charge in [0, 0.05) is 18.8 Å². The molecular weight excluding hydrogens is 326 g/mol. The summed E-state index contributed by atoms with van der Waals surface area (Å²) < 4.78 is 10.6. The number of rotatable bonds is 3. The van der Waals surface area contributed by atoms with E-state index in [0.29, 0.717) is 37.0 Å². The molecule has 1 aromatic rings. The van der Waals surface area contributed by atoms with Crippen LogP contribution in [0, 0.1) is 0 Å². The highest BCUT2D eigenvalue weighted by molar-refractivity contribution is 7.80. The van der Waals surface area contributed by atoms with Gasteiger partial charge in [-0.05, 0) is 36.8 Å². The lowest BCUT2D eigenvalue weighted by molar-refractivity contribution is -0.131. The minimum Gasteiger partial charge on any atom is -0.497 e. The summed E-state index contributed by atoms with van der Waals surface area (Å²) in [7, 11) is 1.63. The zero-order chi connectivity index (χ0) is 17.1. The van der Waals surface area contributed by atoms with E-state index in [0.717, 1.165) is 17.0 Å². The lowest BCUT2D eigenvalue weighted by Gasteiger charge is -2.34. The number of allylic oxidation sites excluding steroid dienone is 1. The summed E-state index contributed by atoms with van der Waals surface area (Å²) in [5, 5.41) is 6.80. The van der Waals surface area contributed by atoms with Crippen LogP contribution < -0.4 is 15.4 Å². The Morgan fingerprint density at radius 3 is 2.58 bits per heavy atom. The van der Waals surface area contributed by atoms with Gasteiger partial charge in [-0.2, -0.15) is 0 Å². The molecule has 24 heavy (non-hydrogen) atoms. The summed E-state index contributed by atoms with van der Waals surface area (Å²) in [6, 6.07) is 7.39. The van der Waals surface area contributed by atoms with Gasteiger partial charge in [0.25, 0.3) is 5.91 Å². The first-order valence-corrected chi connectivity index (χ1v) is 8.30. The van der Waals surface area contributed by atoms with Gasteiger partial charge in [0.05, 0.1) is 31.9 Å². The van der Waals surface area contributed by atoms with Crippen molar-refractivity contribution in [3.05, 3.63) is 41.1 Å². The average molecular weight is 347 g/mol. The van der Waals surface area contributed by atoms with E-state index in [9.17, 15) is 4.79 Å². The molecule has 2 aliphatic rings. The van der Waals surface area contributed by atoms with Crippen molar-refractivity contribution in [3.8, 4) is 5.75 Å². The van der Waals surface area contributed by atoms with Crippen LogP contribution >= 0.6 is 12.2 Å². The molecule has 0 radical (unpaired) electrons. The SMILES string of the molecule is COc1ccc([C@@H]2NC(=S)NC(C)=C2C(=O)N2CCOCC2)cc1. The monoisotopic (exact) mass is 347 g/mol. The number of carbonyl (C=O) groups excluding carboxylic acids is 1. The molecule has 2 heterocycles. The molecule has 1 amide bonds. The number of morpholine rings is 1. The van der Waals surface area contributed by atoms with Crippen molar-refractivity contribution in [1.29, 1.82) is 0 Å². The topological polar surface area (TPSA) is 62.8 Å². The Balaban J connectivity index is 1.93. The summed E-state index contributed by atoms with van der Waals surface area (Å²) in [5.41, 5.74) is 2.45. The number of methoxy groups -OCH3 is 1. The summed E-state index contributed by atoms with van der Waals surface area (Å²) in [6.07, 6.45) is 0. The zero-order valence-corrected chi connectivity index (χ0v) is 14.6. The first kappa shape index (κ1) is 16.7. The zero-order valence-electron chi connectivity index (χ0n) is 13.8. The lowest BCUT2D eigenvalue weighted by atomic mass is 9.94. The van der Waals surface area contributed by atoms with E-state index in [1.165, 1.54) is 0 Å². The van der Waals surface area contributed by atoms with Crippen LogP contribution in [0.5, 0.6) is 5.75 Å². The molecule has 128 valence electrons. The largest absolute Gasteiger partial charge is 0.497 e. The van der Waals surface area contributed by atoms with Gasteiger partial charge in [-0.1, -0.05) is 12.1 Å². The highest BCUT2D eigenvalue weighted by Gasteiger charge is 2.33. The van der Waals surface area contributed by atoms with Gasteiger partial charge in [0.2, 0.25) is 0 Å². The molecule has 2 aliphatic heterocycles. The highest BCUT2D eigenvalue weighted by Crippen LogP contribution is 2.29. The van der Waals surface area contributed by atoms with E-state index in [-0.39, 0.29) is 11.9 Å². The first-order valence-electron chi connectivity index (χ1n) is 7.89. The number of benzene rings is 1. The van der Waals surface area contributed by atoms with Crippen molar-refractivity contribution in [2.24, 2.45) is 0 Å². The molecule has 7 heteroatoms.